The predicted octanol–water partition coefficient (Wildman–Crippen LogP) is 2.26. The first-order valence-corrected chi connectivity index (χ1v) is 8.84. The number of nitrogens with one attached hydrogen (secondary N) is 1. The third-order valence-corrected chi connectivity index (χ3v) is 5.79. The maximum Gasteiger partial charge on any atom is 0.311 e. The summed E-state index contributed by atoms with van der Waals surface area (Å²) in [6.07, 6.45) is 0. The molecule has 2 heterocycles. The van der Waals surface area contributed by atoms with Crippen LogP contribution in [0.15, 0.2) is 48.5 Å². The third kappa shape index (κ3) is 2.34. The molecule has 8 nitrogen and oxygen atoms in total. The number of nitro groups is 1. The summed E-state index contributed by atoms with van der Waals surface area (Å²) >= 11 is 0. The van der Waals surface area contributed by atoms with Crippen LogP contribution < -0.4 is 5.32 Å². The number of likely N-dealkylation sites (N-methyl/N-ethyl adjacent to an activating group) is 1. The lowest BCUT2D eigenvalue weighted by atomic mass is 9.67. The molecule has 8 heteroatoms. The largest absolute Gasteiger partial charge is 0.469 e. The quantitative estimate of drug-likeness (QED) is 0.497. The second kappa shape index (κ2) is 6.42. The molecular weight excluding hydrogens is 362 g/mol. The molecule has 0 saturated carbocycles. The van der Waals surface area contributed by atoms with Crippen molar-refractivity contribution in [3.05, 3.63) is 69.8 Å². The molecular formula is C20H19N3O5. The molecule has 0 radical (unpaired) electrons. The van der Waals surface area contributed by atoms with Crippen LogP contribution in [0.5, 0.6) is 0 Å². The molecule has 2 aliphatic rings. The SMILES string of the molecule is COC(=O)[C@@H]1CN(C)[C@H](c2ccc([N+](=O)[O-])cc2)[C@@]12C(=O)Nc1ccccc12. The Hall–Kier alpha value is -3.26. The van der Waals surface area contributed by atoms with E-state index in [1.165, 1.54) is 19.2 Å². The first kappa shape index (κ1) is 18.1. The molecule has 0 unspecified atom stereocenters. The van der Waals surface area contributed by atoms with E-state index < -0.39 is 28.3 Å². The molecule has 4 rings (SSSR count). The van der Waals surface area contributed by atoms with Gasteiger partial charge in [-0.2, -0.15) is 0 Å². The number of nitro benzene ring substituents is 1. The molecule has 144 valence electrons. The summed E-state index contributed by atoms with van der Waals surface area (Å²) in [6.45, 7) is 0.329. The lowest BCUT2D eigenvalue weighted by Gasteiger charge is -2.35. The fourth-order valence-electron chi connectivity index (χ4n) is 4.69. The summed E-state index contributed by atoms with van der Waals surface area (Å²) in [7, 11) is 3.15. The number of likely N-dealkylation sites (tertiary alicyclic amines) is 1. The number of methoxy groups -OCH3 is 1. The van der Waals surface area contributed by atoms with Crippen molar-refractivity contribution in [2.75, 3.05) is 26.0 Å². The Bertz CT molecular complexity index is 974. The van der Waals surface area contributed by atoms with Gasteiger partial charge < -0.3 is 10.1 Å². The summed E-state index contributed by atoms with van der Waals surface area (Å²) < 4.78 is 5.03. The van der Waals surface area contributed by atoms with Crippen molar-refractivity contribution in [2.45, 2.75) is 11.5 Å². The van der Waals surface area contributed by atoms with Crippen molar-refractivity contribution in [3.63, 3.8) is 0 Å². The molecule has 2 aliphatic heterocycles. The van der Waals surface area contributed by atoms with Crippen molar-refractivity contribution in [1.82, 2.24) is 4.90 Å². The van der Waals surface area contributed by atoms with Crippen LogP contribution in [0.25, 0.3) is 0 Å². The van der Waals surface area contributed by atoms with Gasteiger partial charge in [-0.05, 0) is 24.2 Å². The van der Waals surface area contributed by atoms with E-state index in [0.29, 0.717) is 12.2 Å². The molecule has 2 aromatic rings. The Morgan fingerprint density at radius 3 is 2.57 bits per heavy atom. The van der Waals surface area contributed by atoms with E-state index >= 15 is 0 Å². The van der Waals surface area contributed by atoms with Gasteiger partial charge in [-0.3, -0.25) is 24.6 Å². The minimum absolute atomic E-state index is 0.0285. The van der Waals surface area contributed by atoms with E-state index in [2.05, 4.69) is 5.32 Å². The molecule has 1 amide bonds. The zero-order chi connectivity index (χ0) is 20.1. The van der Waals surface area contributed by atoms with E-state index in [0.717, 1.165) is 11.1 Å². The molecule has 1 spiro atoms. The Kier molecular flexibility index (Phi) is 4.15. The number of esters is 1. The van der Waals surface area contributed by atoms with E-state index in [1.54, 1.807) is 12.1 Å². The molecule has 2 aromatic carbocycles. The van der Waals surface area contributed by atoms with Crippen LogP contribution in [0.4, 0.5) is 11.4 Å². The van der Waals surface area contributed by atoms with Crippen LogP contribution in [0.1, 0.15) is 17.2 Å². The van der Waals surface area contributed by atoms with Crippen LogP contribution in [0.2, 0.25) is 0 Å². The van der Waals surface area contributed by atoms with Gasteiger partial charge in [0.2, 0.25) is 5.91 Å². The normalized spacial score (nSPS) is 26.1. The highest BCUT2D eigenvalue weighted by Crippen LogP contribution is 2.57. The standard InChI is InChI=1S/C20H19N3O5/c1-22-11-15(18(24)28-2)20(14-5-3-4-6-16(14)21-19(20)25)17(22)12-7-9-13(10-8-12)23(26)27/h3-10,15,17H,11H2,1-2H3,(H,21,25)/t15-,17+,20-/m0/s1. The topological polar surface area (TPSA) is 102 Å². The summed E-state index contributed by atoms with van der Waals surface area (Å²) in [5.41, 5.74) is 0.937. The van der Waals surface area contributed by atoms with Crippen molar-refractivity contribution < 1.29 is 19.2 Å². The lowest BCUT2D eigenvalue weighted by Crippen LogP contribution is -2.47. The molecule has 1 N–H and O–H groups in total. The highest BCUT2D eigenvalue weighted by atomic mass is 16.6. The Morgan fingerprint density at radius 2 is 1.93 bits per heavy atom. The number of fused-ring (bicyclic) bond motifs is 2. The average molecular weight is 381 g/mol. The smallest absolute Gasteiger partial charge is 0.311 e. The highest BCUT2D eigenvalue weighted by molar-refractivity contribution is 6.10. The molecule has 28 heavy (non-hydrogen) atoms. The molecule has 1 saturated heterocycles. The number of hydrogen-bond acceptors (Lipinski definition) is 6. The summed E-state index contributed by atoms with van der Waals surface area (Å²) in [6, 6.07) is 13.0. The molecule has 0 aromatic heterocycles. The van der Waals surface area contributed by atoms with E-state index in [4.69, 9.17) is 4.74 Å². The van der Waals surface area contributed by atoms with Gasteiger partial charge in [0.1, 0.15) is 5.41 Å². The zero-order valence-electron chi connectivity index (χ0n) is 15.4. The van der Waals surface area contributed by atoms with E-state index in [9.17, 15) is 19.7 Å². The van der Waals surface area contributed by atoms with E-state index in [-0.39, 0.29) is 11.6 Å². The molecule has 1 fully saturated rings. The van der Waals surface area contributed by atoms with Crippen LogP contribution in [-0.4, -0.2) is 42.4 Å². The number of para-hydroxylation sites is 1. The maximum atomic E-state index is 13.3. The van der Waals surface area contributed by atoms with Gasteiger partial charge in [0.15, 0.2) is 0 Å². The monoisotopic (exact) mass is 381 g/mol. The first-order valence-electron chi connectivity index (χ1n) is 8.84. The number of non-ortho nitro benzene ring substituents is 1. The maximum absolute atomic E-state index is 13.3. The fourth-order valence-corrected chi connectivity index (χ4v) is 4.69. The molecule has 0 bridgehead atoms. The van der Waals surface area contributed by atoms with Gasteiger partial charge in [0, 0.05) is 24.4 Å². The minimum atomic E-state index is -1.17. The van der Waals surface area contributed by atoms with Gasteiger partial charge in [-0.1, -0.05) is 30.3 Å². The van der Waals surface area contributed by atoms with Gasteiger partial charge in [-0.15, -0.1) is 0 Å². The Labute approximate surface area is 161 Å². The second-order valence-electron chi connectivity index (χ2n) is 7.14. The van der Waals surface area contributed by atoms with Crippen LogP contribution >= 0.6 is 0 Å². The van der Waals surface area contributed by atoms with Crippen molar-refractivity contribution in [2.24, 2.45) is 5.92 Å². The number of carbonyl (C=O) groups excluding carboxylic acids is 2. The summed E-state index contributed by atoms with van der Waals surface area (Å²) in [5, 5.41) is 13.9. The fraction of sp³-hybridized carbons (Fsp3) is 0.300. The van der Waals surface area contributed by atoms with Crippen molar-refractivity contribution in [1.29, 1.82) is 0 Å². The van der Waals surface area contributed by atoms with Crippen LogP contribution in [0.3, 0.4) is 0 Å². The zero-order valence-corrected chi connectivity index (χ0v) is 15.4. The van der Waals surface area contributed by atoms with Gasteiger partial charge in [0.25, 0.3) is 5.69 Å². The number of hydrogen-bond donors (Lipinski definition) is 1. The Balaban J connectivity index is 1.93. The minimum Gasteiger partial charge on any atom is -0.469 e. The first-order chi connectivity index (χ1) is 13.4. The lowest BCUT2D eigenvalue weighted by molar-refractivity contribution is -0.384. The highest BCUT2D eigenvalue weighted by Gasteiger charge is 2.65. The number of amides is 1. The number of carbonyl (C=O) groups is 2. The number of nitrogens with zero attached hydrogens (tertiary/aromatic N) is 2. The summed E-state index contributed by atoms with van der Waals surface area (Å²) in [5.74, 6) is -1.42. The van der Waals surface area contributed by atoms with E-state index in [1.807, 2.05) is 36.2 Å². The van der Waals surface area contributed by atoms with Crippen molar-refractivity contribution >= 4 is 23.3 Å². The van der Waals surface area contributed by atoms with Gasteiger partial charge in [0.05, 0.1) is 24.0 Å². The van der Waals surface area contributed by atoms with Crippen molar-refractivity contribution in [3.8, 4) is 0 Å². The van der Waals surface area contributed by atoms with Gasteiger partial charge in [-0.25, -0.2) is 0 Å². The Morgan fingerprint density at radius 1 is 1.25 bits per heavy atom. The van der Waals surface area contributed by atoms with Crippen LogP contribution in [0, 0.1) is 16.0 Å². The second-order valence-corrected chi connectivity index (χ2v) is 7.14. The number of anilines is 1. The third-order valence-electron chi connectivity index (χ3n) is 5.79. The summed E-state index contributed by atoms with van der Waals surface area (Å²) in [4.78, 5) is 38.5. The number of rotatable bonds is 3. The number of benzene rings is 2. The predicted molar refractivity (Wildman–Crippen MR) is 101 cm³/mol. The molecule has 0 aliphatic carbocycles. The van der Waals surface area contributed by atoms with Gasteiger partial charge >= 0.3 is 5.97 Å². The van der Waals surface area contributed by atoms with Crippen LogP contribution in [-0.2, 0) is 19.7 Å². The average Bonchev–Trinajstić information content (AvgIpc) is 3.16. The molecule has 3 atom stereocenters. The number of ether oxygens (including phenoxy) is 1.